The number of allylic oxidation sites excluding steroid dienone is 4. The predicted molar refractivity (Wildman–Crippen MR) is 60.1 cm³/mol. The molecule has 0 radical (unpaired) electrons. The maximum atomic E-state index is 12.0. The first-order valence-corrected chi connectivity index (χ1v) is 5.34. The molecule has 2 heterocycles. The van der Waals surface area contributed by atoms with Gasteiger partial charge in [-0.15, -0.1) is 0 Å². The molecule has 0 amide bonds. The molecule has 0 aromatic rings. The molecular weight excluding hydrogens is 204 g/mol. The number of nitrogens with zero attached hydrogens (tertiary/aromatic N) is 1. The summed E-state index contributed by atoms with van der Waals surface area (Å²) in [6.07, 6.45) is 4.61. The minimum atomic E-state index is -0.102. The van der Waals surface area contributed by atoms with Crippen LogP contribution in [-0.2, 0) is 9.53 Å². The first-order chi connectivity index (χ1) is 7.81. The Morgan fingerprint density at radius 2 is 2.31 bits per heavy atom. The second kappa shape index (κ2) is 3.42. The third-order valence-electron chi connectivity index (χ3n) is 3.08. The maximum Gasteiger partial charge on any atom is 0.246 e. The van der Waals surface area contributed by atoms with Crippen molar-refractivity contribution in [3.05, 3.63) is 34.8 Å². The monoisotopic (exact) mass is 216 g/mol. The number of aliphatic imine (C=N–C) groups is 1. The quantitative estimate of drug-likeness (QED) is 0.657. The van der Waals surface area contributed by atoms with Crippen LogP contribution in [0.4, 0.5) is 0 Å². The Balaban J connectivity index is 2.06. The van der Waals surface area contributed by atoms with Crippen LogP contribution in [-0.4, -0.2) is 31.7 Å². The van der Waals surface area contributed by atoms with Crippen LogP contribution < -0.4 is 5.32 Å². The van der Waals surface area contributed by atoms with Crippen molar-refractivity contribution in [3.63, 3.8) is 0 Å². The molecule has 3 aliphatic rings. The Kier molecular flexibility index (Phi) is 2.04. The van der Waals surface area contributed by atoms with Crippen LogP contribution in [0.2, 0.25) is 0 Å². The molecule has 0 fully saturated rings. The standard InChI is InChI=1S/C12H12N2O2/c1-16-10-3-2-8-7-4-5-13-6-9(7)14-11(8)12(10)15/h2-3,13H,4-6H2,1H3. The Labute approximate surface area is 93.4 Å². The van der Waals surface area contributed by atoms with Crippen molar-refractivity contribution in [1.82, 2.24) is 5.32 Å². The van der Waals surface area contributed by atoms with Crippen LogP contribution in [0, 0.1) is 0 Å². The van der Waals surface area contributed by atoms with E-state index in [-0.39, 0.29) is 5.78 Å². The van der Waals surface area contributed by atoms with Crippen LogP contribution in [0.1, 0.15) is 6.42 Å². The van der Waals surface area contributed by atoms with E-state index in [4.69, 9.17) is 4.74 Å². The maximum absolute atomic E-state index is 12.0. The zero-order chi connectivity index (χ0) is 11.1. The molecule has 4 nitrogen and oxygen atoms in total. The first kappa shape index (κ1) is 9.54. The molecule has 0 aromatic carbocycles. The predicted octanol–water partition coefficient (Wildman–Crippen LogP) is 0.728. The summed E-state index contributed by atoms with van der Waals surface area (Å²) in [6.45, 7) is 1.71. The van der Waals surface area contributed by atoms with E-state index in [1.165, 1.54) is 12.7 Å². The normalized spacial score (nSPS) is 23.3. The van der Waals surface area contributed by atoms with E-state index < -0.39 is 0 Å². The molecule has 2 aliphatic heterocycles. The molecule has 1 aliphatic carbocycles. The summed E-state index contributed by atoms with van der Waals surface area (Å²) in [6, 6.07) is 0. The van der Waals surface area contributed by atoms with Crippen LogP contribution in [0.25, 0.3) is 0 Å². The molecule has 0 unspecified atom stereocenters. The van der Waals surface area contributed by atoms with E-state index in [1.807, 2.05) is 6.08 Å². The van der Waals surface area contributed by atoms with Gasteiger partial charge in [-0.2, -0.15) is 0 Å². The number of nitrogens with one attached hydrogen (secondary N) is 1. The minimum absolute atomic E-state index is 0.102. The summed E-state index contributed by atoms with van der Waals surface area (Å²) in [7, 11) is 1.51. The van der Waals surface area contributed by atoms with Crippen LogP contribution in [0.5, 0.6) is 0 Å². The first-order valence-electron chi connectivity index (χ1n) is 5.34. The van der Waals surface area contributed by atoms with Crippen molar-refractivity contribution in [1.29, 1.82) is 0 Å². The lowest BCUT2D eigenvalue weighted by Gasteiger charge is -2.16. The average molecular weight is 216 g/mol. The molecule has 0 atom stereocenters. The summed E-state index contributed by atoms with van der Waals surface area (Å²) in [4.78, 5) is 16.4. The van der Waals surface area contributed by atoms with Gasteiger partial charge in [0.05, 0.1) is 12.8 Å². The SMILES string of the molecule is COC1=CC=C2C(=NC3=C2CCNC3)C1=O. The van der Waals surface area contributed by atoms with Crippen LogP contribution in [0.15, 0.2) is 39.7 Å². The highest BCUT2D eigenvalue weighted by Gasteiger charge is 2.33. The highest BCUT2D eigenvalue weighted by molar-refractivity contribution is 6.53. The summed E-state index contributed by atoms with van der Waals surface area (Å²) in [5, 5.41) is 3.25. The van der Waals surface area contributed by atoms with Gasteiger partial charge < -0.3 is 10.1 Å². The lowest BCUT2D eigenvalue weighted by Crippen LogP contribution is -2.24. The third kappa shape index (κ3) is 1.20. The Morgan fingerprint density at radius 1 is 1.44 bits per heavy atom. The highest BCUT2D eigenvalue weighted by Crippen LogP contribution is 2.32. The van der Waals surface area contributed by atoms with Gasteiger partial charge in [0.2, 0.25) is 5.78 Å². The van der Waals surface area contributed by atoms with Gasteiger partial charge in [0.1, 0.15) is 5.71 Å². The number of carbonyl (C=O) groups excluding carboxylic acids is 1. The van der Waals surface area contributed by atoms with Gasteiger partial charge in [-0.05, 0) is 30.7 Å². The van der Waals surface area contributed by atoms with Gasteiger partial charge >= 0.3 is 0 Å². The molecule has 82 valence electrons. The van der Waals surface area contributed by atoms with E-state index in [0.717, 1.165) is 30.8 Å². The van der Waals surface area contributed by atoms with E-state index in [0.29, 0.717) is 11.5 Å². The van der Waals surface area contributed by atoms with Crippen molar-refractivity contribution in [3.8, 4) is 0 Å². The fourth-order valence-corrected chi connectivity index (χ4v) is 2.27. The van der Waals surface area contributed by atoms with Crippen molar-refractivity contribution in [2.75, 3.05) is 20.2 Å². The number of ketones is 1. The summed E-state index contributed by atoms with van der Waals surface area (Å²) in [5.74, 6) is 0.268. The second-order valence-electron chi connectivity index (χ2n) is 3.96. The number of hydrogen-bond acceptors (Lipinski definition) is 4. The zero-order valence-electron chi connectivity index (χ0n) is 9.04. The smallest absolute Gasteiger partial charge is 0.246 e. The fourth-order valence-electron chi connectivity index (χ4n) is 2.27. The molecule has 0 bridgehead atoms. The third-order valence-corrected chi connectivity index (χ3v) is 3.08. The van der Waals surface area contributed by atoms with E-state index in [9.17, 15) is 4.79 Å². The number of hydrogen-bond donors (Lipinski definition) is 1. The van der Waals surface area contributed by atoms with Crippen molar-refractivity contribution in [2.45, 2.75) is 6.42 Å². The fraction of sp³-hybridized carbons (Fsp3) is 0.333. The lowest BCUT2D eigenvalue weighted by atomic mass is 9.92. The number of carbonyl (C=O) groups is 1. The molecule has 3 rings (SSSR count). The molecule has 1 N–H and O–H groups in total. The van der Waals surface area contributed by atoms with E-state index >= 15 is 0 Å². The molecule has 4 heteroatoms. The number of Topliss-reactive ketones (excluding diaryl/α,β-unsaturated/α-hetero) is 1. The summed E-state index contributed by atoms with van der Waals surface area (Å²) < 4.78 is 5.02. The second-order valence-corrected chi connectivity index (χ2v) is 3.96. The largest absolute Gasteiger partial charge is 0.493 e. The van der Waals surface area contributed by atoms with Crippen molar-refractivity contribution in [2.24, 2.45) is 4.99 Å². The Bertz CT molecular complexity index is 495. The average Bonchev–Trinajstić information content (AvgIpc) is 2.69. The summed E-state index contributed by atoms with van der Waals surface area (Å²) in [5.41, 5.74) is 3.76. The van der Waals surface area contributed by atoms with Crippen molar-refractivity contribution < 1.29 is 9.53 Å². The van der Waals surface area contributed by atoms with E-state index in [1.54, 1.807) is 6.08 Å². The van der Waals surface area contributed by atoms with Gasteiger partial charge in [-0.1, -0.05) is 0 Å². The summed E-state index contributed by atoms with van der Waals surface area (Å²) >= 11 is 0. The number of fused-ring (bicyclic) bond motifs is 2. The zero-order valence-corrected chi connectivity index (χ0v) is 9.04. The van der Waals surface area contributed by atoms with Gasteiger partial charge in [-0.25, -0.2) is 4.99 Å². The molecule has 0 spiro atoms. The number of rotatable bonds is 1. The van der Waals surface area contributed by atoms with Crippen LogP contribution in [0.3, 0.4) is 0 Å². The Hall–Kier alpha value is -1.68. The van der Waals surface area contributed by atoms with Crippen LogP contribution >= 0.6 is 0 Å². The van der Waals surface area contributed by atoms with Gasteiger partial charge in [0.25, 0.3) is 0 Å². The molecule has 0 saturated carbocycles. The Morgan fingerprint density at radius 3 is 3.12 bits per heavy atom. The van der Waals surface area contributed by atoms with E-state index in [2.05, 4.69) is 10.3 Å². The minimum Gasteiger partial charge on any atom is -0.493 e. The molecular formula is C12H12N2O2. The highest BCUT2D eigenvalue weighted by atomic mass is 16.5. The topological polar surface area (TPSA) is 50.7 Å². The number of methoxy groups -OCH3 is 1. The lowest BCUT2D eigenvalue weighted by molar-refractivity contribution is -0.112. The van der Waals surface area contributed by atoms with Gasteiger partial charge in [0.15, 0.2) is 5.76 Å². The molecule has 0 saturated heterocycles. The number of ether oxygens (including phenoxy) is 1. The van der Waals surface area contributed by atoms with Gasteiger partial charge in [0, 0.05) is 12.1 Å². The van der Waals surface area contributed by atoms with Crippen molar-refractivity contribution >= 4 is 11.5 Å². The van der Waals surface area contributed by atoms with Gasteiger partial charge in [-0.3, -0.25) is 4.79 Å². The molecule has 0 aromatic heterocycles. The molecule has 16 heavy (non-hydrogen) atoms.